The molecule has 14 heavy (non-hydrogen) atoms. The Morgan fingerprint density at radius 3 is 2.14 bits per heavy atom. The Bertz CT molecular complexity index is 398. The largest absolute Gasteiger partial charge is 0.115 e. The van der Waals surface area contributed by atoms with Crippen molar-refractivity contribution in [1.82, 2.24) is 0 Å². The molecule has 0 nitrogen and oxygen atoms in total. The van der Waals surface area contributed by atoms with Crippen LogP contribution in [0.5, 0.6) is 0 Å². The molecule has 0 saturated carbocycles. The van der Waals surface area contributed by atoms with Crippen molar-refractivity contribution in [2.24, 2.45) is 10.8 Å². The van der Waals surface area contributed by atoms with Gasteiger partial charge in [0.1, 0.15) is 0 Å². The van der Waals surface area contributed by atoms with Crippen molar-refractivity contribution < 1.29 is 1.37 Å². The van der Waals surface area contributed by atoms with E-state index in [4.69, 9.17) is 7.79 Å². The van der Waals surface area contributed by atoms with Crippen molar-refractivity contribution in [3.63, 3.8) is 0 Å². The van der Waals surface area contributed by atoms with Gasteiger partial charge in [-0.05, 0) is 13.8 Å². The molecule has 0 radical (unpaired) electrons. The number of allylic oxidation sites excluding steroid dienone is 4. The van der Waals surface area contributed by atoms with Crippen LogP contribution in [0.1, 0.15) is 42.9 Å². The molecule has 0 spiro atoms. The van der Waals surface area contributed by atoms with Gasteiger partial charge >= 0.3 is 0 Å². The van der Waals surface area contributed by atoms with E-state index in [9.17, 15) is 0 Å². The first-order chi connectivity index (χ1) is 6.67. The Labute approximate surface area is 89.5 Å². The molecule has 0 saturated heterocycles. The van der Waals surface area contributed by atoms with Crippen molar-refractivity contribution in [3.05, 3.63) is 22.8 Å². The van der Waals surface area contributed by atoms with Crippen LogP contribution < -0.4 is 0 Å². The zero-order valence-corrected chi connectivity index (χ0v) is 10.1. The van der Waals surface area contributed by atoms with Crippen molar-refractivity contribution in [2.75, 3.05) is 0 Å². The predicted molar refractivity (Wildman–Crippen MR) is 62.9 cm³/mol. The summed E-state index contributed by atoms with van der Waals surface area (Å²) < 4.78 is 8.21. The topological polar surface area (TPSA) is 0 Å². The van der Waals surface area contributed by atoms with E-state index in [1.165, 1.54) is 11.1 Å². The van der Waals surface area contributed by atoms with Gasteiger partial charge in [-0.3, -0.25) is 0 Å². The van der Waals surface area contributed by atoms with Gasteiger partial charge in [0.25, 0.3) is 0 Å². The van der Waals surface area contributed by atoms with Crippen LogP contribution in [0, 0.1) is 23.2 Å². The van der Waals surface area contributed by atoms with Gasteiger partial charge in [-0.15, -0.1) is 6.42 Å². The van der Waals surface area contributed by atoms with Crippen LogP contribution in [0.4, 0.5) is 0 Å². The molecule has 0 amide bonds. The van der Waals surface area contributed by atoms with Crippen LogP contribution in [0.3, 0.4) is 0 Å². The number of terminal acetylenes is 1. The number of hydrogen-bond donors (Lipinski definition) is 0. The Morgan fingerprint density at radius 2 is 1.71 bits per heavy atom. The maximum atomic E-state index is 8.21. The van der Waals surface area contributed by atoms with E-state index in [-0.39, 0.29) is 10.8 Å². The van der Waals surface area contributed by atoms with Crippen LogP contribution in [0.25, 0.3) is 0 Å². The average Bonchev–Trinajstić information content (AvgIpc) is 2.14. The number of hydrogen-bond acceptors (Lipinski definition) is 0. The Hall–Kier alpha value is -0.960. The molecule has 1 rings (SSSR count). The van der Waals surface area contributed by atoms with Crippen LogP contribution in [-0.2, 0) is 0 Å². The summed E-state index contributed by atoms with van der Waals surface area (Å²) in [5.41, 5.74) is 3.02. The van der Waals surface area contributed by atoms with E-state index in [0.29, 0.717) is 6.05 Å². The molecular weight excluding hydrogens is 168 g/mol. The van der Waals surface area contributed by atoms with Crippen LogP contribution >= 0.6 is 0 Å². The van der Waals surface area contributed by atoms with E-state index >= 15 is 0 Å². The Morgan fingerprint density at radius 1 is 1.21 bits per heavy atom. The quantitative estimate of drug-likeness (QED) is 0.401. The lowest BCUT2D eigenvalue weighted by molar-refractivity contribution is 0.460. The minimum atomic E-state index is -0.221. The first-order valence-corrected chi connectivity index (χ1v) is 5.04. The molecule has 0 aromatic rings. The Kier molecular flexibility index (Phi) is 2.07. The molecule has 0 N–H and O–H groups in total. The third-order valence-corrected chi connectivity index (χ3v) is 3.64. The predicted octanol–water partition coefficient (Wildman–Crippen LogP) is 3.95. The molecule has 1 aliphatic carbocycles. The molecule has 0 heterocycles. The van der Waals surface area contributed by atoms with Crippen molar-refractivity contribution in [1.29, 1.82) is 0 Å². The second-order valence-corrected chi connectivity index (χ2v) is 5.14. The summed E-state index contributed by atoms with van der Waals surface area (Å²) in [7, 11) is 0. The molecule has 1 aliphatic rings. The average molecular weight is 190 g/mol. The summed E-state index contributed by atoms with van der Waals surface area (Å²) in [4.78, 5) is 0. The summed E-state index contributed by atoms with van der Waals surface area (Å²) in [6, 6.07) is 0.595. The van der Waals surface area contributed by atoms with Crippen molar-refractivity contribution in [3.8, 4) is 12.3 Å². The van der Waals surface area contributed by atoms with Gasteiger partial charge in [-0.25, -0.2) is 0 Å². The number of rotatable bonds is 0. The molecule has 0 fully saturated rings. The third-order valence-electron chi connectivity index (χ3n) is 3.64. The van der Waals surface area contributed by atoms with E-state index < -0.39 is 0 Å². The second kappa shape index (κ2) is 3.02. The molecule has 0 aliphatic heterocycles. The van der Waals surface area contributed by atoms with Crippen molar-refractivity contribution >= 4 is 0 Å². The lowest BCUT2D eigenvalue weighted by atomic mass is 9.65. The molecule has 0 unspecified atom stereocenters. The summed E-state index contributed by atoms with van der Waals surface area (Å²) in [5, 5.41) is 0. The molecule has 0 bridgehead atoms. The maximum absolute atomic E-state index is 8.21. The van der Waals surface area contributed by atoms with Gasteiger partial charge in [0.05, 0.1) is 1.37 Å². The first kappa shape index (κ1) is 9.59. The fourth-order valence-corrected chi connectivity index (χ4v) is 1.90. The summed E-state index contributed by atoms with van der Waals surface area (Å²) in [6.45, 7) is 12.6. The highest BCUT2D eigenvalue weighted by molar-refractivity contribution is 5.47. The molecular formula is C14H20. The molecule has 0 heteroatoms. The van der Waals surface area contributed by atoms with E-state index in [2.05, 4.69) is 47.5 Å². The van der Waals surface area contributed by atoms with Crippen LogP contribution in [-0.4, -0.2) is 0 Å². The fourth-order valence-electron chi connectivity index (χ4n) is 1.90. The second-order valence-electron chi connectivity index (χ2n) is 5.14. The highest BCUT2D eigenvalue weighted by Crippen LogP contribution is 2.47. The van der Waals surface area contributed by atoms with Gasteiger partial charge in [0.2, 0.25) is 0 Å². The van der Waals surface area contributed by atoms with Gasteiger partial charge in [-0.2, -0.15) is 0 Å². The zero-order chi connectivity index (χ0) is 12.0. The Balaban J connectivity index is 3.56. The van der Waals surface area contributed by atoms with Crippen LogP contribution in [0.2, 0.25) is 0 Å². The lowest BCUT2D eigenvalue weighted by Gasteiger charge is -2.39. The normalized spacial score (nSPS) is 25.9. The maximum Gasteiger partial charge on any atom is 0.0595 e. The highest BCUT2D eigenvalue weighted by Gasteiger charge is 2.35. The minimum absolute atomic E-state index is 0.161. The minimum Gasteiger partial charge on any atom is -0.115 e. The SMILES string of the molecule is [3H]C1=C(C#C)C(C)(C)C(C)=C(C)C1(C)C. The molecule has 0 atom stereocenters. The van der Waals surface area contributed by atoms with Crippen molar-refractivity contribution in [2.45, 2.75) is 41.5 Å². The molecule has 76 valence electrons. The third kappa shape index (κ3) is 1.42. The van der Waals surface area contributed by atoms with Gasteiger partial charge in [-0.1, -0.05) is 50.8 Å². The van der Waals surface area contributed by atoms with Gasteiger partial charge < -0.3 is 0 Å². The lowest BCUT2D eigenvalue weighted by Crippen LogP contribution is -2.27. The monoisotopic (exact) mass is 190 g/mol. The van der Waals surface area contributed by atoms with E-state index in [1.54, 1.807) is 0 Å². The summed E-state index contributed by atoms with van der Waals surface area (Å²) in [6.07, 6.45) is 5.55. The standard InChI is InChI=1S/C14H20/c1-8-12-9-13(4,5)10(2)11(3)14(12,6)7/h1,9H,2-7H3/i9T. The fraction of sp³-hybridized carbons (Fsp3) is 0.571. The zero-order valence-electron chi connectivity index (χ0n) is 11.1. The first-order valence-electron chi connectivity index (χ1n) is 5.54. The van der Waals surface area contributed by atoms with E-state index in [0.717, 1.165) is 5.57 Å². The van der Waals surface area contributed by atoms with Crippen LogP contribution in [0.15, 0.2) is 22.8 Å². The summed E-state index contributed by atoms with van der Waals surface area (Å²) >= 11 is 0. The smallest absolute Gasteiger partial charge is 0.0595 e. The molecule has 0 aromatic heterocycles. The highest BCUT2D eigenvalue weighted by atomic mass is 14.4. The van der Waals surface area contributed by atoms with Gasteiger partial charge in [0, 0.05) is 16.4 Å². The van der Waals surface area contributed by atoms with E-state index in [1.807, 2.05) is 0 Å². The molecule has 0 aromatic carbocycles. The van der Waals surface area contributed by atoms with Gasteiger partial charge in [0.15, 0.2) is 0 Å². The summed E-state index contributed by atoms with van der Waals surface area (Å²) in [5.74, 6) is 2.71.